The Morgan fingerprint density at radius 1 is 0.828 bits per heavy atom. The minimum atomic E-state index is -5.01. The molecule has 9 heteroatoms. The van der Waals surface area contributed by atoms with Crippen molar-refractivity contribution in [3.05, 3.63) is 78.4 Å². The molecule has 0 aliphatic rings. The molecule has 0 atom stereocenters. The maximum Gasteiger partial charge on any atom is 0.573 e. The van der Waals surface area contributed by atoms with Crippen LogP contribution in [0.25, 0.3) is 0 Å². The van der Waals surface area contributed by atoms with E-state index in [9.17, 15) is 21.6 Å². The fourth-order valence-electron chi connectivity index (χ4n) is 2.42. The second-order valence-electron chi connectivity index (χ2n) is 6.04. The molecule has 0 aliphatic heterocycles. The lowest BCUT2D eigenvalue weighted by Crippen LogP contribution is -2.20. The van der Waals surface area contributed by atoms with Gasteiger partial charge in [0.1, 0.15) is 22.1 Å². The number of benzene rings is 3. The normalized spacial score (nSPS) is 11.7. The number of hydrogen-bond donors (Lipinski definition) is 1. The third-order valence-corrected chi connectivity index (χ3v) is 5.15. The van der Waals surface area contributed by atoms with Gasteiger partial charge in [0, 0.05) is 5.69 Å². The summed E-state index contributed by atoms with van der Waals surface area (Å²) in [4.78, 5) is -0.627. The lowest BCUT2D eigenvalue weighted by Gasteiger charge is -2.14. The average Bonchev–Trinajstić information content (AvgIpc) is 2.64. The summed E-state index contributed by atoms with van der Waals surface area (Å²) in [5, 5.41) is 0. The second kappa shape index (κ2) is 8.04. The monoisotopic (exact) mass is 423 g/mol. The molecule has 0 heterocycles. The number of nitrogens with one attached hydrogen (secondary N) is 1. The number of rotatable bonds is 6. The molecule has 3 aromatic carbocycles. The maximum absolute atomic E-state index is 12.5. The van der Waals surface area contributed by atoms with Gasteiger partial charge in [0.2, 0.25) is 0 Å². The average molecular weight is 423 g/mol. The van der Waals surface area contributed by atoms with Crippen molar-refractivity contribution in [3.8, 4) is 17.2 Å². The van der Waals surface area contributed by atoms with Crippen LogP contribution in [0.1, 0.15) is 5.56 Å². The standard InChI is InChI=1S/C20H16F3NO4S/c1-14-6-10-16(11-7-14)27-17-12-8-15(9-13-17)24-29(25,26)19-5-3-2-4-18(19)28-20(21,22)23/h2-13,24H,1H3. The molecular formula is C20H16F3NO4S. The lowest BCUT2D eigenvalue weighted by atomic mass is 10.2. The number of halogens is 3. The fraction of sp³-hybridized carbons (Fsp3) is 0.100. The van der Waals surface area contributed by atoms with Gasteiger partial charge in [0.25, 0.3) is 10.0 Å². The number of sulfonamides is 1. The fourth-order valence-corrected chi connectivity index (χ4v) is 3.61. The Morgan fingerprint density at radius 3 is 1.97 bits per heavy atom. The quantitative estimate of drug-likeness (QED) is 0.570. The van der Waals surface area contributed by atoms with Gasteiger partial charge in [-0.15, -0.1) is 13.2 Å². The SMILES string of the molecule is Cc1ccc(Oc2ccc(NS(=O)(=O)c3ccccc3OC(F)(F)F)cc2)cc1. The summed E-state index contributed by atoms with van der Waals surface area (Å²) in [5.41, 5.74) is 1.24. The van der Waals surface area contributed by atoms with Gasteiger partial charge in [0.15, 0.2) is 0 Å². The zero-order valence-corrected chi connectivity index (χ0v) is 15.9. The number of aryl methyl sites for hydroxylation is 1. The van der Waals surface area contributed by atoms with Crippen molar-refractivity contribution in [2.24, 2.45) is 0 Å². The molecular weight excluding hydrogens is 407 g/mol. The summed E-state index contributed by atoms with van der Waals surface area (Å²) < 4.78 is 74.3. The van der Waals surface area contributed by atoms with Gasteiger partial charge in [-0.2, -0.15) is 0 Å². The molecule has 0 fully saturated rings. The smallest absolute Gasteiger partial charge is 0.457 e. The number of alkyl halides is 3. The van der Waals surface area contributed by atoms with Crippen molar-refractivity contribution in [3.63, 3.8) is 0 Å². The molecule has 29 heavy (non-hydrogen) atoms. The Morgan fingerprint density at radius 2 is 1.38 bits per heavy atom. The predicted octanol–water partition coefficient (Wildman–Crippen LogP) is 5.49. The second-order valence-corrected chi connectivity index (χ2v) is 7.69. The molecule has 0 saturated carbocycles. The van der Waals surface area contributed by atoms with Crippen molar-refractivity contribution >= 4 is 15.7 Å². The molecule has 3 aromatic rings. The Hall–Kier alpha value is -3.20. The first-order valence-corrected chi connectivity index (χ1v) is 9.83. The van der Waals surface area contributed by atoms with Crippen LogP contribution in [0.2, 0.25) is 0 Å². The first kappa shape index (κ1) is 20.5. The van der Waals surface area contributed by atoms with Crippen LogP contribution in [-0.4, -0.2) is 14.8 Å². The maximum atomic E-state index is 12.5. The van der Waals surface area contributed by atoms with Crippen LogP contribution in [-0.2, 0) is 10.0 Å². The molecule has 0 radical (unpaired) electrons. The Kier molecular flexibility index (Phi) is 5.69. The molecule has 152 valence electrons. The van der Waals surface area contributed by atoms with Crippen LogP contribution >= 0.6 is 0 Å². The highest BCUT2D eigenvalue weighted by molar-refractivity contribution is 7.92. The Balaban J connectivity index is 1.76. The van der Waals surface area contributed by atoms with E-state index < -0.39 is 27.0 Å². The highest BCUT2D eigenvalue weighted by Gasteiger charge is 2.34. The van der Waals surface area contributed by atoms with E-state index in [2.05, 4.69) is 9.46 Å². The summed E-state index contributed by atoms with van der Waals surface area (Å²) in [5.74, 6) is 0.270. The van der Waals surface area contributed by atoms with Crippen LogP contribution in [0, 0.1) is 6.92 Å². The highest BCUT2D eigenvalue weighted by Crippen LogP contribution is 2.31. The van der Waals surface area contributed by atoms with Gasteiger partial charge in [-0.3, -0.25) is 4.72 Å². The van der Waals surface area contributed by atoms with Crippen molar-refractivity contribution in [2.75, 3.05) is 4.72 Å². The molecule has 5 nitrogen and oxygen atoms in total. The van der Waals surface area contributed by atoms with Crippen LogP contribution in [0.15, 0.2) is 77.7 Å². The number of para-hydroxylation sites is 1. The van der Waals surface area contributed by atoms with Crippen molar-refractivity contribution < 1.29 is 31.1 Å². The number of hydrogen-bond acceptors (Lipinski definition) is 4. The molecule has 1 N–H and O–H groups in total. The van der Waals surface area contributed by atoms with Gasteiger partial charge in [-0.1, -0.05) is 29.8 Å². The van der Waals surface area contributed by atoms with Crippen LogP contribution in [0.4, 0.5) is 18.9 Å². The number of ether oxygens (including phenoxy) is 2. The summed E-state index contributed by atoms with van der Waals surface area (Å²) in [6, 6.07) is 17.8. The van der Waals surface area contributed by atoms with Crippen LogP contribution in [0.3, 0.4) is 0 Å². The van der Waals surface area contributed by atoms with E-state index in [-0.39, 0.29) is 5.69 Å². The molecule has 0 unspecified atom stereocenters. The molecule has 0 spiro atoms. The Bertz CT molecular complexity index is 1080. The third-order valence-electron chi connectivity index (χ3n) is 3.73. The zero-order chi connectivity index (χ0) is 21.1. The summed E-state index contributed by atoms with van der Waals surface area (Å²) in [6.45, 7) is 1.95. The minimum Gasteiger partial charge on any atom is -0.457 e. The molecule has 0 amide bonds. The molecule has 0 bridgehead atoms. The number of anilines is 1. The predicted molar refractivity (Wildman–Crippen MR) is 102 cm³/mol. The van der Waals surface area contributed by atoms with Gasteiger partial charge in [-0.05, 0) is 55.5 Å². The minimum absolute atomic E-state index is 0.156. The van der Waals surface area contributed by atoms with Gasteiger partial charge >= 0.3 is 6.36 Å². The third kappa shape index (κ3) is 5.64. The molecule has 0 saturated heterocycles. The highest BCUT2D eigenvalue weighted by atomic mass is 32.2. The summed E-state index contributed by atoms with van der Waals surface area (Å²) >= 11 is 0. The first-order chi connectivity index (χ1) is 13.6. The first-order valence-electron chi connectivity index (χ1n) is 8.35. The molecule has 0 aromatic heterocycles. The van der Waals surface area contributed by atoms with E-state index >= 15 is 0 Å². The Labute approximate surface area is 165 Å². The van der Waals surface area contributed by atoms with E-state index in [1.807, 2.05) is 19.1 Å². The van der Waals surface area contributed by atoms with Crippen molar-refractivity contribution in [1.82, 2.24) is 0 Å². The molecule has 3 rings (SSSR count). The summed E-state index contributed by atoms with van der Waals surface area (Å²) in [6.07, 6.45) is -5.01. The van der Waals surface area contributed by atoms with E-state index in [0.29, 0.717) is 11.5 Å². The van der Waals surface area contributed by atoms with Crippen molar-refractivity contribution in [1.29, 1.82) is 0 Å². The van der Waals surface area contributed by atoms with E-state index in [0.717, 1.165) is 17.7 Å². The van der Waals surface area contributed by atoms with Crippen LogP contribution in [0.5, 0.6) is 17.2 Å². The largest absolute Gasteiger partial charge is 0.573 e. The van der Waals surface area contributed by atoms with E-state index in [4.69, 9.17) is 4.74 Å². The zero-order valence-electron chi connectivity index (χ0n) is 15.1. The van der Waals surface area contributed by atoms with Gasteiger partial charge < -0.3 is 9.47 Å². The summed E-state index contributed by atoms with van der Waals surface area (Å²) in [7, 11) is -4.31. The van der Waals surface area contributed by atoms with Gasteiger partial charge in [0.05, 0.1) is 0 Å². The topological polar surface area (TPSA) is 64.6 Å². The van der Waals surface area contributed by atoms with Crippen molar-refractivity contribution in [2.45, 2.75) is 18.2 Å². The molecule has 0 aliphatic carbocycles. The van der Waals surface area contributed by atoms with Gasteiger partial charge in [-0.25, -0.2) is 8.42 Å². The van der Waals surface area contributed by atoms with Crippen LogP contribution < -0.4 is 14.2 Å². The lowest BCUT2D eigenvalue weighted by molar-refractivity contribution is -0.275. The van der Waals surface area contributed by atoms with E-state index in [1.54, 1.807) is 12.1 Å². The van der Waals surface area contributed by atoms with E-state index in [1.165, 1.54) is 36.4 Å².